The molecule has 1 atom stereocenters. The van der Waals surface area contributed by atoms with Gasteiger partial charge in [0, 0.05) is 28.7 Å². The van der Waals surface area contributed by atoms with E-state index in [1.165, 1.54) is 17.7 Å². The summed E-state index contributed by atoms with van der Waals surface area (Å²) < 4.78 is 25.0. The average Bonchev–Trinajstić information content (AvgIpc) is 3.32. The van der Waals surface area contributed by atoms with E-state index in [0.29, 0.717) is 12.1 Å². The summed E-state index contributed by atoms with van der Waals surface area (Å²) in [4.78, 5) is 15.6. The standard InChI is InChI=1S/C24H27N3O3S/c1-17-15-22(18(2)27(17)20-10-12-21(13-11-20)31(25,29)30)24(28)16-26-14-6-9-23(26)19-7-4-3-5-8-19/h3-5,7-8,10-13,15,23H,6,9,14,16H2,1-2H3,(H2,25,29,30). The van der Waals surface area contributed by atoms with Crippen LogP contribution in [0.15, 0.2) is 65.6 Å². The van der Waals surface area contributed by atoms with Crippen molar-refractivity contribution in [2.45, 2.75) is 37.6 Å². The van der Waals surface area contributed by atoms with Gasteiger partial charge in [-0.05, 0) is 69.1 Å². The highest BCUT2D eigenvalue weighted by atomic mass is 32.2. The van der Waals surface area contributed by atoms with Gasteiger partial charge in [0.2, 0.25) is 10.0 Å². The third kappa shape index (κ3) is 4.35. The molecule has 7 heteroatoms. The van der Waals surface area contributed by atoms with Crippen molar-refractivity contribution in [2.24, 2.45) is 5.14 Å². The highest BCUT2D eigenvalue weighted by molar-refractivity contribution is 7.89. The molecule has 1 unspecified atom stereocenters. The molecule has 4 rings (SSSR count). The van der Waals surface area contributed by atoms with Crippen molar-refractivity contribution in [3.05, 3.63) is 83.2 Å². The van der Waals surface area contributed by atoms with Crippen molar-refractivity contribution in [1.29, 1.82) is 0 Å². The Labute approximate surface area is 183 Å². The van der Waals surface area contributed by atoms with Crippen LogP contribution in [-0.2, 0) is 10.0 Å². The molecule has 0 aliphatic carbocycles. The van der Waals surface area contributed by atoms with E-state index in [1.54, 1.807) is 12.1 Å². The van der Waals surface area contributed by atoms with Gasteiger partial charge in [-0.3, -0.25) is 9.69 Å². The second kappa shape index (κ2) is 8.42. The molecule has 3 aromatic rings. The molecule has 2 N–H and O–H groups in total. The van der Waals surface area contributed by atoms with E-state index >= 15 is 0 Å². The minimum absolute atomic E-state index is 0.0657. The van der Waals surface area contributed by atoms with Crippen molar-refractivity contribution in [2.75, 3.05) is 13.1 Å². The maximum atomic E-state index is 13.2. The van der Waals surface area contributed by atoms with E-state index in [0.717, 1.165) is 36.5 Å². The molecule has 2 heterocycles. The first-order chi connectivity index (χ1) is 14.8. The molecule has 31 heavy (non-hydrogen) atoms. The zero-order valence-electron chi connectivity index (χ0n) is 17.8. The van der Waals surface area contributed by atoms with Crippen LogP contribution in [0.4, 0.5) is 0 Å². The summed E-state index contributed by atoms with van der Waals surface area (Å²) in [7, 11) is -3.74. The number of ketones is 1. The predicted molar refractivity (Wildman–Crippen MR) is 121 cm³/mol. The minimum atomic E-state index is -3.74. The fraction of sp³-hybridized carbons (Fsp3) is 0.292. The molecule has 0 spiro atoms. The number of rotatable bonds is 6. The topological polar surface area (TPSA) is 85.4 Å². The maximum absolute atomic E-state index is 13.2. The number of benzene rings is 2. The average molecular weight is 438 g/mol. The molecule has 1 aromatic heterocycles. The Kier molecular flexibility index (Phi) is 5.83. The van der Waals surface area contributed by atoms with Gasteiger partial charge in [0.1, 0.15) is 0 Å². The predicted octanol–water partition coefficient (Wildman–Crippen LogP) is 3.76. The molecule has 1 aliphatic heterocycles. The SMILES string of the molecule is Cc1cc(C(=O)CN2CCCC2c2ccccc2)c(C)n1-c1ccc(S(N)(=O)=O)cc1. The first-order valence-electron chi connectivity index (χ1n) is 10.4. The van der Waals surface area contributed by atoms with Crippen molar-refractivity contribution in [3.8, 4) is 5.69 Å². The van der Waals surface area contributed by atoms with Crippen molar-refractivity contribution < 1.29 is 13.2 Å². The van der Waals surface area contributed by atoms with Crippen LogP contribution in [0.2, 0.25) is 0 Å². The molecule has 1 fully saturated rings. The number of aryl methyl sites for hydroxylation is 1. The van der Waals surface area contributed by atoms with Crippen molar-refractivity contribution in [3.63, 3.8) is 0 Å². The molecule has 1 saturated heterocycles. The Morgan fingerprint density at radius 3 is 2.39 bits per heavy atom. The number of nitrogens with zero attached hydrogens (tertiary/aromatic N) is 2. The summed E-state index contributed by atoms with van der Waals surface area (Å²) in [6, 6.07) is 18.9. The van der Waals surface area contributed by atoms with Crippen LogP contribution in [0, 0.1) is 13.8 Å². The van der Waals surface area contributed by atoms with Gasteiger partial charge in [0.05, 0.1) is 11.4 Å². The fourth-order valence-electron chi connectivity index (χ4n) is 4.56. The lowest BCUT2D eigenvalue weighted by atomic mass is 10.0. The third-order valence-electron chi connectivity index (χ3n) is 6.05. The lowest BCUT2D eigenvalue weighted by Gasteiger charge is -2.24. The Bertz CT molecular complexity index is 1200. The Balaban J connectivity index is 1.57. The third-order valence-corrected chi connectivity index (χ3v) is 6.98. The second-order valence-corrected chi connectivity index (χ2v) is 9.68. The molecular weight excluding hydrogens is 410 g/mol. The van der Waals surface area contributed by atoms with Crippen LogP contribution in [0.1, 0.15) is 46.2 Å². The van der Waals surface area contributed by atoms with Crippen LogP contribution in [0.25, 0.3) is 5.69 Å². The number of nitrogens with two attached hydrogens (primary N) is 1. The van der Waals surface area contributed by atoms with Crippen molar-refractivity contribution >= 4 is 15.8 Å². The monoisotopic (exact) mass is 437 g/mol. The van der Waals surface area contributed by atoms with Gasteiger partial charge >= 0.3 is 0 Å². The number of carbonyl (C=O) groups is 1. The van der Waals surface area contributed by atoms with Gasteiger partial charge in [-0.1, -0.05) is 30.3 Å². The molecule has 162 valence electrons. The van der Waals surface area contributed by atoms with E-state index in [2.05, 4.69) is 17.0 Å². The van der Waals surface area contributed by atoms with Crippen molar-refractivity contribution in [1.82, 2.24) is 9.47 Å². The minimum Gasteiger partial charge on any atom is -0.318 e. The van der Waals surface area contributed by atoms with Gasteiger partial charge in [-0.15, -0.1) is 0 Å². The number of sulfonamides is 1. The van der Waals surface area contributed by atoms with E-state index in [1.807, 2.05) is 42.7 Å². The van der Waals surface area contributed by atoms with Gasteiger partial charge in [0.15, 0.2) is 5.78 Å². The smallest absolute Gasteiger partial charge is 0.238 e. The number of aromatic nitrogens is 1. The molecule has 6 nitrogen and oxygen atoms in total. The largest absolute Gasteiger partial charge is 0.318 e. The van der Waals surface area contributed by atoms with Crippen LogP contribution in [0.5, 0.6) is 0 Å². The molecule has 0 amide bonds. The summed E-state index contributed by atoms with van der Waals surface area (Å²) >= 11 is 0. The normalized spacial score (nSPS) is 17.2. The number of hydrogen-bond acceptors (Lipinski definition) is 4. The van der Waals surface area contributed by atoms with Gasteiger partial charge in [-0.25, -0.2) is 13.6 Å². The molecule has 0 saturated carbocycles. The lowest BCUT2D eigenvalue weighted by Crippen LogP contribution is -2.29. The summed E-state index contributed by atoms with van der Waals surface area (Å²) in [6.45, 7) is 5.17. The molecule has 0 radical (unpaired) electrons. The number of carbonyl (C=O) groups excluding carboxylic acids is 1. The summed E-state index contributed by atoms with van der Waals surface area (Å²) in [5.74, 6) is 0.100. The fourth-order valence-corrected chi connectivity index (χ4v) is 5.08. The zero-order chi connectivity index (χ0) is 22.2. The number of hydrogen-bond donors (Lipinski definition) is 1. The lowest BCUT2D eigenvalue weighted by molar-refractivity contribution is 0.0921. The molecular formula is C24H27N3O3S. The van der Waals surface area contributed by atoms with Gasteiger partial charge in [-0.2, -0.15) is 0 Å². The number of likely N-dealkylation sites (tertiary alicyclic amines) is 1. The van der Waals surface area contributed by atoms with E-state index in [4.69, 9.17) is 5.14 Å². The Morgan fingerprint density at radius 2 is 1.74 bits per heavy atom. The number of Topliss-reactive ketones (excluding diaryl/α,β-unsaturated/α-hetero) is 1. The van der Waals surface area contributed by atoms with E-state index in [-0.39, 0.29) is 16.7 Å². The number of primary sulfonamides is 1. The van der Waals surface area contributed by atoms with Crippen LogP contribution >= 0.6 is 0 Å². The van der Waals surface area contributed by atoms with Crippen LogP contribution in [-0.4, -0.2) is 36.8 Å². The summed E-state index contributed by atoms with van der Waals surface area (Å²) in [6.07, 6.45) is 2.15. The molecule has 1 aliphatic rings. The summed E-state index contributed by atoms with van der Waals surface area (Å²) in [5.41, 5.74) is 4.52. The highest BCUT2D eigenvalue weighted by Gasteiger charge is 2.28. The molecule has 0 bridgehead atoms. The first-order valence-corrected chi connectivity index (χ1v) is 11.9. The Hall–Kier alpha value is -2.74. The maximum Gasteiger partial charge on any atom is 0.238 e. The zero-order valence-corrected chi connectivity index (χ0v) is 18.6. The summed E-state index contributed by atoms with van der Waals surface area (Å²) in [5, 5.41) is 5.20. The second-order valence-electron chi connectivity index (χ2n) is 8.12. The first kappa shape index (κ1) is 21.5. The van der Waals surface area contributed by atoms with E-state index in [9.17, 15) is 13.2 Å². The van der Waals surface area contributed by atoms with E-state index < -0.39 is 10.0 Å². The molecule has 2 aromatic carbocycles. The van der Waals surface area contributed by atoms with Crippen LogP contribution in [0.3, 0.4) is 0 Å². The highest BCUT2D eigenvalue weighted by Crippen LogP contribution is 2.32. The van der Waals surface area contributed by atoms with Crippen LogP contribution < -0.4 is 5.14 Å². The quantitative estimate of drug-likeness (QED) is 0.595. The van der Waals surface area contributed by atoms with Gasteiger partial charge in [0.25, 0.3) is 0 Å². The van der Waals surface area contributed by atoms with Gasteiger partial charge < -0.3 is 4.57 Å². The Morgan fingerprint density at radius 1 is 1.06 bits per heavy atom.